The quantitative estimate of drug-likeness (QED) is 0.928. The summed E-state index contributed by atoms with van der Waals surface area (Å²) in [6.45, 7) is 4.18. The zero-order valence-corrected chi connectivity index (χ0v) is 13.2. The maximum absolute atomic E-state index is 13.0. The molecule has 0 aromatic heterocycles. The molecule has 0 aliphatic carbocycles. The lowest BCUT2D eigenvalue weighted by Crippen LogP contribution is -2.48. The first-order valence-electron chi connectivity index (χ1n) is 7.66. The molecular formula is C19H19NO3. The van der Waals surface area contributed by atoms with Crippen LogP contribution < -0.4 is 0 Å². The molecule has 2 aromatic carbocycles. The summed E-state index contributed by atoms with van der Waals surface area (Å²) >= 11 is 0. The lowest BCUT2D eigenvalue weighted by atomic mass is 9.92. The third-order valence-corrected chi connectivity index (χ3v) is 4.63. The fraction of sp³-hybridized carbons (Fsp3) is 0.263. The standard InChI is InChI=1S/C19H19NO3/c1-12-6-5-9-16(13(12)2)18(21)20-11-15-8-4-3-7-14(15)10-17(20)19(22)23/h3-9,17H,10-11H2,1-2H3,(H,22,23). The lowest BCUT2D eigenvalue weighted by molar-refractivity contribution is -0.142. The van der Waals surface area contributed by atoms with Crippen molar-refractivity contribution < 1.29 is 14.7 Å². The van der Waals surface area contributed by atoms with Crippen LogP contribution in [0.25, 0.3) is 0 Å². The number of nitrogens with zero attached hydrogens (tertiary/aromatic N) is 1. The van der Waals surface area contributed by atoms with Gasteiger partial charge in [-0.2, -0.15) is 0 Å². The van der Waals surface area contributed by atoms with E-state index < -0.39 is 12.0 Å². The van der Waals surface area contributed by atoms with Gasteiger partial charge in [0.25, 0.3) is 5.91 Å². The molecule has 1 heterocycles. The molecule has 1 atom stereocenters. The number of carbonyl (C=O) groups is 2. The summed E-state index contributed by atoms with van der Waals surface area (Å²) in [5, 5.41) is 9.56. The lowest BCUT2D eigenvalue weighted by Gasteiger charge is -2.35. The Balaban J connectivity index is 2.01. The Morgan fingerprint density at radius 3 is 2.43 bits per heavy atom. The Morgan fingerprint density at radius 2 is 1.74 bits per heavy atom. The fourth-order valence-corrected chi connectivity index (χ4v) is 3.09. The number of benzene rings is 2. The summed E-state index contributed by atoms with van der Waals surface area (Å²) < 4.78 is 0. The maximum atomic E-state index is 13.0. The molecule has 3 rings (SSSR count). The summed E-state index contributed by atoms with van der Waals surface area (Å²) in [6.07, 6.45) is 0.349. The minimum absolute atomic E-state index is 0.215. The third-order valence-electron chi connectivity index (χ3n) is 4.63. The van der Waals surface area contributed by atoms with Gasteiger partial charge in [-0.05, 0) is 42.2 Å². The summed E-state index contributed by atoms with van der Waals surface area (Å²) in [7, 11) is 0. The fourth-order valence-electron chi connectivity index (χ4n) is 3.09. The van der Waals surface area contributed by atoms with Gasteiger partial charge in [-0.3, -0.25) is 4.79 Å². The molecule has 0 bridgehead atoms. The van der Waals surface area contributed by atoms with Gasteiger partial charge in [0, 0.05) is 18.5 Å². The van der Waals surface area contributed by atoms with Crippen molar-refractivity contribution >= 4 is 11.9 Å². The van der Waals surface area contributed by atoms with E-state index in [-0.39, 0.29) is 5.91 Å². The van der Waals surface area contributed by atoms with Gasteiger partial charge in [-0.15, -0.1) is 0 Å². The number of amides is 1. The third kappa shape index (κ3) is 2.72. The summed E-state index contributed by atoms with van der Waals surface area (Å²) in [5.74, 6) is -1.17. The molecule has 1 unspecified atom stereocenters. The van der Waals surface area contributed by atoms with Crippen LogP contribution in [0.2, 0.25) is 0 Å². The van der Waals surface area contributed by atoms with Crippen LogP contribution in [-0.2, 0) is 17.8 Å². The number of aliphatic carboxylic acids is 1. The smallest absolute Gasteiger partial charge is 0.326 e. The number of hydrogen-bond acceptors (Lipinski definition) is 2. The van der Waals surface area contributed by atoms with Crippen molar-refractivity contribution in [2.75, 3.05) is 0 Å². The van der Waals surface area contributed by atoms with Crippen LogP contribution >= 0.6 is 0 Å². The minimum Gasteiger partial charge on any atom is -0.480 e. The maximum Gasteiger partial charge on any atom is 0.326 e. The van der Waals surface area contributed by atoms with Crippen molar-refractivity contribution in [1.82, 2.24) is 4.90 Å². The topological polar surface area (TPSA) is 57.6 Å². The van der Waals surface area contributed by atoms with E-state index in [9.17, 15) is 14.7 Å². The molecular weight excluding hydrogens is 290 g/mol. The van der Waals surface area contributed by atoms with Gasteiger partial charge < -0.3 is 10.0 Å². The highest BCUT2D eigenvalue weighted by Gasteiger charge is 2.35. The molecule has 4 nitrogen and oxygen atoms in total. The van der Waals surface area contributed by atoms with E-state index in [1.54, 1.807) is 6.07 Å². The van der Waals surface area contributed by atoms with Crippen molar-refractivity contribution in [3.63, 3.8) is 0 Å². The first-order chi connectivity index (χ1) is 11.0. The van der Waals surface area contributed by atoms with Gasteiger partial charge >= 0.3 is 5.97 Å². The monoisotopic (exact) mass is 309 g/mol. The first-order valence-corrected chi connectivity index (χ1v) is 7.66. The van der Waals surface area contributed by atoms with Gasteiger partial charge in [0.15, 0.2) is 0 Å². The molecule has 0 saturated carbocycles. The highest BCUT2D eigenvalue weighted by atomic mass is 16.4. The van der Waals surface area contributed by atoms with E-state index >= 15 is 0 Å². The Bertz CT molecular complexity index is 782. The van der Waals surface area contributed by atoms with Crippen LogP contribution in [-0.4, -0.2) is 27.9 Å². The Morgan fingerprint density at radius 1 is 1.04 bits per heavy atom. The molecule has 0 fully saturated rings. The summed E-state index contributed by atoms with van der Waals surface area (Å²) in [4.78, 5) is 26.1. The van der Waals surface area contributed by atoms with E-state index in [4.69, 9.17) is 0 Å². The van der Waals surface area contributed by atoms with Gasteiger partial charge in [0.2, 0.25) is 0 Å². The number of aryl methyl sites for hydroxylation is 1. The number of carboxylic acids is 1. The average molecular weight is 309 g/mol. The second-order valence-electron chi connectivity index (χ2n) is 6.01. The molecule has 23 heavy (non-hydrogen) atoms. The Hall–Kier alpha value is -2.62. The zero-order chi connectivity index (χ0) is 16.6. The number of carboxylic acid groups (broad SMARTS) is 1. The highest BCUT2D eigenvalue weighted by Crippen LogP contribution is 2.26. The van der Waals surface area contributed by atoms with Gasteiger partial charge in [-0.25, -0.2) is 4.79 Å². The molecule has 0 spiro atoms. The van der Waals surface area contributed by atoms with E-state index in [2.05, 4.69) is 0 Å². The Kier molecular flexibility index (Phi) is 3.90. The molecule has 118 valence electrons. The van der Waals surface area contributed by atoms with Crippen LogP contribution in [0, 0.1) is 13.8 Å². The van der Waals surface area contributed by atoms with Crippen LogP contribution in [0.4, 0.5) is 0 Å². The summed E-state index contributed by atoms with van der Waals surface area (Å²) in [6, 6.07) is 12.4. The number of hydrogen-bond donors (Lipinski definition) is 1. The number of fused-ring (bicyclic) bond motifs is 1. The number of carbonyl (C=O) groups excluding carboxylic acids is 1. The van der Waals surface area contributed by atoms with Crippen LogP contribution in [0.3, 0.4) is 0 Å². The minimum atomic E-state index is -0.960. The second kappa shape index (κ2) is 5.88. The van der Waals surface area contributed by atoms with Gasteiger partial charge in [0.05, 0.1) is 0 Å². The van der Waals surface area contributed by atoms with Crippen LogP contribution in [0.1, 0.15) is 32.6 Å². The molecule has 1 N–H and O–H groups in total. The first kappa shape index (κ1) is 15.3. The molecule has 1 aliphatic heterocycles. The predicted octanol–water partition coefficient (Wildman–Crippen LogP) is 2.96. The molecule has 4 heteroatoms. The van der Waals surface area contributed by atoms with E-state index in [0.717, 1.165) is 22.3 Å². The van der Waals surface area contributed by atoms with E-state index in [0.29, 0.717) is 18.5 Å². The summed E-state index contributed by atoms with van der Waals surface area (Å²) in [5.41, 5.74) is 4.53. The average Bonchev–Trinajstić information content (AvgIpc) is 2.55. The predicted molar refractivity (Wildman–Crippen MR) is 87.4 cm³/mol. The van der Waals surface area contributed by atoms with Gasteiger partial charge in [0.1, 0.15) is 6.04 Å². The van der Waals surface area contributed by atoms with E-state index in [1.165, 1.54) is 4.90 Å². The molecule has 0 saturated heterocycles. The normalized spacial score (nSPS) is 16.8. The SMILES string of the molecule is Cc1cccc(C(=O)N2Cc3ccccc3CC2C(=O)O)c1C. The van der Waals surface area contributed by atoms with Crippen molar-refractivity contribution in [1.29, 1.82) is 0 Å². The molecule has 1 amide bonds. The van der Waals surface area contributed by atoms with Crippen molar-refractivity contribution in [3.8, 4) is 0 Å². The molecule has 0 radical (unpaired) electrons. The molecule has 1 aliphatic rings. The Labute approximate surface area is 135 Å². The largest absolute Gasteiger partial charge is 0.480 e. The molecule has 2 aromatic rings. The highest BCUT2D eigenvalue weighted by molar-refractivity contribution is 5.98. The van der Waals surface area contributed by atoms with Crippen molar-refractivity contribution in [2.24, 2.45) is 0 Å². The van der Waals surface area contributed by atoms with Gasteiger partial charge in [-0.1, -0.05) is 36.4 Å². The van der Waals surface area contributed by atoms with Crippen LogP contribution in [0.5, 0.6) is 0 Å². The second-order valence-corrected chi connectivity index (χ2v) is 6.01. The number of rotatable bonds is 2. The van der Waals surface area contributed by atoms with Crippen LogP contribution in [0.15, 0.2) is 42.5 Å². The van der Waals surface area contributed by atoms with Crippen molar-refractivity contribution in [3.05, 3.63) is 70.3 Å². The van der Waals surface area contributed by atoms with E-state index in [1.807, 2.05) is 50.2 Å². The zero-order valence-electron chi connectivity index (χ0n) is 13.2. The van der Waals surface area contributed by atoms with Crippen molar-refractivity contribution in [2.45, 2.75) is 32.9 Å².